The Morgan fingerprint density at radius 1 is 1.10 bits per heavy atom. The van der Waals surface area contributed by atoms with Crippen LogP contribution in [0.5, 0.6) is 0 Å². The number of aromatic nitrogens is 4. The summed E-state index contributed by atoms with van der Waals surface area (Å²) in [7, 11) is 1.66. The number of carbonyl (C=O) groups is 1. The first-order chi connectivity index (χ1) is 14.3. The summed E-state index contributed by atoms with van der Waals surface area (Å²) in [5, 5.41) is 9.73. The summed E-state index contributed by atoms with van der Waals surface area (Å²) < 4.78 is 7.33. The van der Waals surface area contributed by atoms with Crippen molar-refractivity contribution in [1.82, 2.24) is 24.5 Å². The number of ether oxygens (including phenoxy) is 1. The summed E-state index contributed by atoms with van der Waals surface area (Å²) in [6.07, 6.45) is 4.47. The van der Waals surface area contributed by atoms with E-state index in [1.165, 1.54) is 12.8 Å². The molecule has 1 saturated heterocycles. The standard InChI is InChI=1S/C21H26N6O2/c1-29-14-18-23-24-19-16-8-4-5-9-17(16)22-21(27(18)19)26-12-10-25(11-13-26)20(28)15-6-2-3-7-15/h4-5,8-9,15H,2-3,6-7,10-14H2,1H3. The Morgan fingerprint density at radius 3 is 2.62 bits per heavy atom. The molecule has 0 atom stereocenters. The van der Waals surface area contributed by atoms with E-state index in [-0.39, 0.29) is 5.92 Å². The van der Waals surface area contributed by atoms with Gasteiger partial charge in [0.1, 0.15) is 6.61 Å². The summed E-state index contributed by atoms with van der Waals surface area (Å²) >= 11 is 0. The van der Waals surface area contributed by atoms with Gasteiger partial charge in [-0.1, -0.05) is 25.0 Å². The summed E-state index contributed by atoms with van der Waals surface area (Å²) in [6, 6.07) is 8.00. The number of rotatable bonds is 4. The average molecular weight is 394 g/mol. The maximum Gasteiger partial charge on any atom is 0.225 e. The molecular formula is C21H26N6O2. The molecule has 2 aliphatic rings. The van der Waals surface area contributed by atoms with Gasteiger partial charge in [-0.2, -0.15) is 0 Å². The number of para-hydroxylation sites is 1. The zero-order valence-corrected chi connectivity index (χ0v) is 16.8. The molecule has 0 bridgehead atoms. The van der Waals surface area contributed by atoms with E-state index in [1.54, 1.807) is 7.11 Å². The minimum absolute atomic E-state index is 0.234. The fraction of sp³-hybridized carbons (Fsp3) is 0.524. The summed E-state index contributed by atoms with van der Waals surface area (Å²) in [5.41, 5.74) is 1.69. The SMILES string of the molecule is COCc1nnc2c3ccccc3nc(N3CCN(C(=O)C4CCCC4)CC3)n12. The highest BCUT2D eigenvalue weighted by Crippen LogP contribution is 2.28. The summed E-state index contributed by atoms with van der Waals surface area (Å²) in [5.74, 6) is 2.13. The van der Waals surface area contributed by atoms with E-state index in [2.05, 4.69) is 15.1 Å². The molecule has 0 radical (unpaired) electrons. The van der Waals surface area contributed by atoms with E-state index in [4.69, 9.17) is 9.72 Å². The number of benzene rings is 1. The lowest BCUT2D eigenvalue weighted by molar-refractivity contribution is -0.135. The van der Waals surface area contributed by atoms with Crippen LogP contribution in [-0.2, 0) is 16.1 Å². The van der Waals surface area contributed by atoms with Crippen molar-refractivity contribution in [2.75, 3.05) is 38.2 Å². The number of hydrogen-bond acceptors (Lipinski definition) is 6. The molecule has 1 aliphatic heterocycles. The van der Waals surface area contributed by atoms with Crippen molar-refractivity contribution >= 4 is 28.4 Å². The van der Waals surface area contributed by atoms with Crippen LogP contribution < -0.4 is 4.90 Å². The first-order valence-electron chi connectivity index (χ1n) is 10.4. The van der Waals surface area contributed by atoms with Crippen LogP contribution in [0.1, 0.15) is 31.5 Å². The minimum atomic E-state index is 0.234. The zero-order chi connectivity index (χ0) is 19.8. The van der Waals surface area contributed by atoms with Crippen LogP contribution in [0.4, 0.5) is 5.95 Å². The van der Waals surface area contributed by atoms with Gasteiger partial charge in [-0.25, -0.2) is 9.38 Å². The van der Waals surface area contributed by atoms with Crippen molar-refractivity contribution in [3.63, 3.8) is 0 Å². The molecule has 152 valence electrons. The molecule has 1 saturated carbocycles. The van der Waals surface area contributed by atoms with Crippen LogP contribution >= 0.6 is 0 Å². The maximum absolute atomic E-state index is 12.8. The number of amides is 1. The van der Waals surface area contributed by atoms with Crippen LogP contribution in [-0.4, -0.2) is 63.7 Å². The molecule has 1 amide bonds. The third-order valence-corrected chi connectivity index (χ3v) is 6.15. The molecule has 29 heavy (non-hydrogen) atoms. The van der Waals surface area contributed by atoms with Gasteiger partial charge in [0.05, 0.1) is 5.52 Å². The molecule has 0 unspecified atom stereocenters. The van der Waals surface area contributed by atoms with Crippen molar-refractivity contribution in [1.29, 1.82) is 0 Å². The van der Waals surface area contributed by atoms with Crippen molar-refractivity contribution in [2.45, 2.75) is 32.3 Å². The molecule has 5 rings (SSSR count). The summed E-state index contributed by atoms with van der Waals surface area (Å²) in [4.78, 5) is 22.0. The molecule has 8 heteroatoms. The number of methoxy groups -OCH3 is 1. The van der Waals surface area contributed by atoms with Crippen molar-refractivity contribution in [3.8, 4) is 0 Å². The number of hydrogen-bond donors (Lipinski definition) is 0. The fourth-order valence-electron chi connectivity index (χ4n) is 4.61. The Balaban J connectivity index is 1.46. The first kappa shape index (κ1) is 18.3. The van der Waals surface area contributed by atoms with Gasteiger partial charge in [0.2, 0.25) is 11.9 Å². The van der Waals surface area contributed by atoms with Crippen molar-refractivity contribution in [3.05, 3.63) is 30.1 Å². The van der Waals surface area contributed by atoms with Gasteiger partial charge >= 0.3 is 0 Å². The largest absolute Gasteiger partial charge is 0.377 e. The lowest BCUT2D eigenvalue weighted by Gasteiger charge is -2.36. The molecule has 3 heterocycles. The van der Waals surface area contributed by atoms with Crippen molar-refractivity contribution < 1.29 is 9.53 Å². The topological polar surface area (TPSA) is 75.9 Å². The molecule has 8 nitrogen and oxygen atoms in total. The predicted molar refractivity (Wildman–Crippen MR) is 110 cm³/mol. The number of anilines is 1. The smallest absolute Gasteiger partial charge is 0.225 e. The van der Waals surface area contributed by atoms with Gasteiger partial charge in [0, 0.05) is 44.6 Å². The van der Waals surface area contributed by atoms with E-state index in [0.29, 0.717) is 12.5 Å². The van der Waals surface area contributed by atoms with E-state index >= 15 is 0 Å². The van der Waals surface area contributed by atoms with Crippen LogP contribution in [0.25, 0.3) is 16.6 Å². The zero-order valence-electron chi connectivity index (χ0n) is 16.8. The molecule has 1 aliphatic carbocycles. The Hall–Kier alpha value is -2.74. The van der Waals surface area contributed by atoms with Gasteiger partial charge in [-0.3, -0.25) is 4.79 Å². The Morgan fingerprint density at radius 2 is 1.86 bits per heavy atom. The molecule has 3 aromatic rings. The minimum Gasteiger partial charge on any atom is -0.377 e. The maximum atomic E-state index is 12.8. The number of piperazine rings is 1. The van der Waals surface area contributed by atoms with E-state index in [9.17, 15) is 4.79 Å². The van der Waals surface area contributed by atoms with Crippen LogP contribution in [0, 0.1) is 5.92 Å². The highest BCUT2D eigenvalue weighted by molar-refractivity contribution is 5.92. The molecular weight excluding hydrogens is 368 g/mol. The normalized spacial score (nSPS) is 18.2. The highest BCUT2D eigenvalue weighted by Gasteiger charge is 2.30. The van der Waals surface area contributed by atoms with E-state index in [0.717, 1.165) is 67.3 Å². The molecule has 0 N–H and O–H groups in total. The molecule has 1 aromatic carbocycles. The lowest BCUT2D eigenvalue weighted by atomic mass is 10.1. The molecule has 2 fully saturated rings. The number of carbonyl (C=O) groups excluding carboxylic acids is 1. The van der Waals surface area contributed by atoms with Gasteiger partial charge < -0.3 is 14.5 Å². The monoisotopic (exact) mass is 394 g/mol. The third kappa shape index (κ3) is 3.21. The third-order valence-electron chi connectivity index (χ3n) is 6.15. The van der Waals surface area contributed by atoms with Crippen LogP contribution in [0.3, 0.4) is 0 Å². The van der Waals surface area contributed by atoms with Gasteiger partial charge in [-0.05, 0) is 25.0 Å². The van der Waals surface area contributed by atoms with E-state index in [1.807, 2.05) is 33.6 Å². The van der Waals surface area contributed by atoms with E-state index < -0.39 is 0 Å². The molecule has 2 aromatic heterocycles. The predicted octanol–water partition coefficient (Wildman–Crippen LogP) is 2.26. The second-order valence-corrected chi connectivity index (χ2v) is 7.93. The van der Waals surface area contributed by atoms with Crippen molar-refractivity contribution in [2.24, 2.45) is 5.92 Å². The average Bonchev–Trinajstić information content (AvgIpc) is 3.44. The number of fused-ring (bicyclic) bond motifs is 3. The molecule has 0 spiro atoms. The quantitative estimate of drug-likeness (QED) is 0.676. The van der Waals surface area contributed by atoms with Gasteiger partial charge in [0.25, 0.3) is 0 Å². The number of nitrogens with zero attached hydrogens (tertiary/aromatic N) is 6. The van der Waals surface area contributed by atoms with Gasteiger partial charge in [-0.15, -0.1) is 10.2 Å². The van der Waals surface area contributed by atoms with Crippen LogP contribution in [0.15, 0.2) is 24.3 Å². The lowest BCUT2D eigenvalue weighted by Crippen LogP contribution is -2.50. The van der Waals surface area contributed by atoms with Gasteiger partial charge in [0.15, 0.2) is 11.5 Å². The fourth-order valence-corrected chi connectivity index (χ4v) is 4.61. The second kappa shape index (κ2) is 7.59. The highest BCUT2D eigenvalue weighted by atomic mass is 16.5. The Labute approximate surface area is 169 Å². The van der Waals surface area contributed by atoms with Crippen LogP contribution in [0.2, 0.25) is 0 Å². The Bertz CT molecular complexity index is 1030. The second-order valence-electron chi connectivity index (χ2n) is 7.93. The summed E-state index contributed by atoms with van der Waals surface area (Å²) in [6.45, 7) is 3.33. The Kier molecular flexibility index (Phi) is 4.79. The first-order valence-corrected chi connectivity index (χ1v) is 10.4.